The molecule has 0 N–H and O–H groups in total. The molecule has 6 nitrogen and oxygen atoms in total. The second kappa shape index (κ2) is 8.93. The summed E-state index contributed by atoms with van der Waals surface area (Å²) >= 11 is 0. The summed E-state index contributed by atoms with van der Waals surface area (Å²) in [5, 5.41) is 0. The van der Waals surface area contributed by atoms with E-state index in [1.54, 1.807) is 6.33 Å². The van der Waals surface area contributed by atoms with Crippen LogP contribution < -0.4 is 4.90 Å². The Morgan fingerprint density at radius 1 is 0.969 bits per heavy atom. The van der Waals surface area contributed by atoms with E-state index in [9.17, 15) is 0 Å². The van der Waals surface area contributed by atoms with E-state index in [0.29, 0.717) is 0 Å². The number of fused-ring (bicyclic) bond motifs is 1. The Labute approximate surface area is 188 Å². The molecule has 1 aliphatic heterocycles. The van der Waals surface area contributed by atoms with Crippen LogP contribution in [0.1, 0.15) is 36.9 Å². The van der Waals surface area contributed by atoms with Crippen molar-refractivity contribution in [1.82, 2.24) is 19.5 Å². The maximum Gasteiger partial charge on any atom is 0.166 e. The van der Waals surface area contributed by atoms with Crippen LogP contribution >= 0.6 is 0 Å². The number of hydrogen-bond acceptors (Lipinski definition) is 5. The average Bonchev–Trinajstić information content (AvgIpc) is 3.22. The normalized spacial score (nSPS) is 16.6. The second-order valence-corrected chi connectivity index (χ2v) is 8.24. The molecule has 0 aliphatic carbocycles. The lowest BCUT2D eigenvalue weighted by atomic mass is 10.1. The number of aromatic nitrogens is 4. The predicted octanol–water partition coefficient (Wildman–Crippen LogP) is 5.43. The molecular weight excluding hydrogens is 398 g/mol. The molecule has 3 heterocycles. The molecule has 1 fully saturated rings. The highest BCUT2D eigenvalue weighted by Gasteiger charge is 2.24. The molecule has 0 amide bonds. The van der Waals surface area contributed by atoms with E-state index < -0.39 is 0 Å². The summed E-state index contributed by atoms with van der Waals surface area (Å²) in [6, 6.07) is 18.6. The lowest BCUT2D eigenvalue weighted by Crippen LogP contribution is -2.19. The van der Waals surface area contributed by atoms with Gasteiger partial charge in [0.25, 0.3) is 0 Å². The van der Waals surface area contributed by atoms with Crippen LogP contribution in [0.2, 0.25) is 0 Å². The van der Waals surface area contributed by atoms with Crippen LogP contribution in [0.5, 0.6) is 0 Å². The number of hydrogen-bond donors (Lipinski definition) is 0. The molecule has 1 saturated heterocycles. The fraction of sp³-hybridized carbons (Fsp3) is 0.269. The van der Waals surface area contributed by atoms with Gasteiger partial charge in [-0.1, -0.05) is 48.5 Å². The summed E-state index contributed by atoms with van der Waals surface area (Å²) in [6.07, 6.45) is 8.88. The number of benzene rings is 2. The van der Waals surface area contributed by atoms with Gasteiger partial charge in [0, 0.05) is 32.0 Å². The van der Waals surface area contributed by atoms with Crippen LogP contribution in [0.15, 0.2) is 60.9 Å². The zero-order chi connectivity index (χ0) is 21.9. The summed E-state index contributed by atoms with van der Waals surface area (Å²) < 4.78 is 8.27. The number of rotatable bonds is 5. The second-order valence-electron chi connectivity index (χ2n) is 8.24. The molecule has 162 valence electrons. The topological polar surface area (TPSA) is 56.1 Å². The van der Waals surface area contributed by atoms with Crippen LogP contribution in [0.25, 0.3) is 34.6 Å². The van der Waals surface area contributed by atoms with E-state index >= 15 is 0 Å². The predicted molar refractivity (Wildman–Crippen MR) is 129 cm³/mol. The monoisotopic (exact) mass is 425 g/mol. The van der Waals surface area contributed by atoms with E-state index in [1.807, 2.05) is 38.4 Å². The molecule has 1 unspecified atom stereocenters. The standard InChI is InChI=1S/C26H27N5O/c1-30(2)21-14-12-20(13-15-21)24-25-26(28-18-27-24)31(23-10-6-7-17-32-23)22(29-25)16-11-19-8-4-3-5-9-19/h3-5,8-9,11-16,18,23H,6-7,10,17H2,1-2H3/b16-11+. The van der Waals surface area contributed by atoms with E-state index in [-0.39, 0.29) is 6.23 Å². The average molecular weight is 426 g/mol. The quantitative estimate of drug-likeness (QED) is 0.427. The number of anilines is 1. The summed E-state index contributed by atoms with van der Waals surface area (Å²) in [6.45, 7) is 0.760. The maximum atomic E-state index is 6.13. The molecule has 1 atom stereocenters. The van der Waals surface area contributed by atoms with E-state index in [4.69, 9.17) is 9.72 Å². The fourth-order valence-electron chi connectivity index (χ4n) is 4.12. The molecule has 0 radical (unpaired) electrons. The van der Waals surface area contributed by atoms with Gasteiger partial charge in [0.15, 0.2) is 5.65 Å². The van der Waals surface area contributed by atoms with Gasteiger partial charge in [-0.15, -0.1) is 0 Å². The summed E-state index contributed by atoms with van der Waals surface area (Å²) in [7, 11) is 4.07. The molecule has 0 bridgehead atoms. The molecule has 5 rings (SSSR count). The number of ether oxygens (including phenoxy) is 1. The Morgan fingerprint density at radius 3 is 2.50 bits per heavy atom. The van der Waals surface area contributed by atoms with Crippen molar-refractivity contribution in [2.75, 3.05) is 25.6 Å². The Balaban J connectivity index is 1.63. The SMILES string of the molecule is CN(C)c1ccc(-c2ncnc3c2nc(/C=C/c2ccccc2)n3C2CCCCO2)cc1. The highest BCUT2D eigenvalue weighted by molar-refractivity contribution is 5.89. The smallest absolute Gasteiger partial charge is 0.166 e. The first kappa shape index (κ1) is 20.4. The van der Waals surface area contributed by atoms with Crippen molar-refractivity contribution < 1.29 is 4.74 Å². The van der Waals surface area contributed by atoms with Crippen molar-refractivity contribution in [3.8, 4) is 11.3 Å². The van der Waals surface area contributed by atoms with Crippen LogP contribution in [-0.2, 0) is 4.74 Å². The van der Waals surface area contributed by atoms with E-state index in [0.717, 1.165) is 65.4 Å². The Kier molecular flexibility index (Phi) is 5.69. The number of nitrogens with zero attached hydrogens (tertiary/aromatic N) is 5. The maximum absolute atomic E-state index is 6.13. The lowest BCUT2D eigenvalue weighted by molar-refractivity contribution is -0.0301. The summed E-state index contributed by atoms with van der Waals surface area (Å²) in [5.41, 5.74) is 5.74. The van der Waals surface area contributed by atoms with Gasteiger partial charge in [-0.2, -0.15) is 0 Å². The first-order valence-electron chi connectivity index (χ1n) is 11.1. The van der Waals surface area contributed by atoms with Gasteiger partial charge >= 0.3 is 0 Å². The van der Waals surface area contributed by atoms with Gasteiger partial charge in [0.2, 0.25) is 0 Å². The highest BCUT2D eigenvalue weighted by Crippen LogP contribution is 2.32. The van der Waals surface area contributed by atoms with Crippen molar-refractivity contribution in [2.24, 2.45) is 0 Å². The molecule has 1 aliphatic rings. The highest BCUT2D eigenvalue weighted by atomic mass is 16.5. The molecule has 2 aromatic heterocycles. The number of imidazole rings is 1. The Morgan fingerprint density at radius 2 is 1.78 bits per heavy atom. The zero-order valence-electron chi connectivity index (χ0n) is 18.5. The summed E-state index contributed by atoms with van der Waals surface area (Å²) in [4.78, 5) is 16.3. The van der Waals surface area contributed by atoms with Gasteiger partial charge in [0.1, 0.15) is 29.6 Å². The van der Waals surface area contributed by atoms with Crippen molar-refractivity contribution in [1.29, 1.82) is 0 Å². The molecule has 32 heavy (non-hydrogen) atoms. The largest absolute Gasteiger partial charge is 0.378 e. The van der Waals surface area contributed by atoms with E-state index in [2.05, 4.69) is 61.9 Å². The molecule has 0 spiro atoms. The van der Waals surface area contributed by atoms with Crippen molar-refractivity contribution >= 4 is 29.0 Å². The van der Waals surface area contributed by atoms with Gasteiger partial charge in [-0.05, 0) is 43.0 Å². The molecule has 2 aromatic carbocycles. The fourth-order valence-corrected chi connectivity index (χ4v) is 4.12. The van der Waals surface area contributed by atoms with Crippen molar-refractivity contribution in [3.63, 3.8) is 0 Å². The Hall–Kier alpha value is -3.51. The van der Waals surface area contributed by atoms with Crippen LogP contribution in [0, 0.1) is 0 Å². The minimum absolute atomic E-state index is 0.0666. The first-order valence-corrected chi connectivity index (χ1v) is 11.1. The minimum atomic E-state index is -0.0666. The molecular formula is C26H27N5O. The minimum Gasteiger partial charge on any atom is -0.378 e. The van der Waals surface area contributed by atoms with Crippen LogP contribution in [0.3, 0.4) is 0 Å². The summed E-state index contributed by atoms with van der Waals surface area (Å²) in [5.74, 6) is 0.836. The molecule has 0 saturated carbocycles. The van der Waals surface area contributed by atoms with Gasteiger partial charge in [0.05, 0.1) is 0 Å². The van der Waals surface area contributed by atoms with Crippen LogP contribution in [0.4, 0.5) is 5.69 Å². The van der Waals surface area contributed by atoms with Crippen LogP contribution in [-0.4, -0.2) is 40.2 Å². The van der Waals surface area contributed by atoms with Gasteiger partial charge in [-0.3, -0.25) is 4.57 Å². The van der Waals surface area contributed by atoms with Gasteiger partial charge < -0.3 is 9.64 Å². The lowest BCUT2D eigenvalue weighted by Gasteiger charge is -2.25. The van der Waals surface area contributed by atoms with Gasteiger partial charge in [-0.25, -0.2) is 15.0 Å². The third kappa shape index (κ3) is 4.01. The van der Waals surface area contributed by atoms with Crippen molar-refractivity contribution in [3.05, 3.63) is 72.3 Å². The molecule has 6 heteroatoms. The first-order chi connectivity index (χ1) is 15.7. The zero-order valence-corrected chi connectivity index (χ0v) is 18.5. The third-order valence-corrected chi connectivity index (χ3v) is 5.83. The third-order valence-electron chi connectivity index (χ3n) is 5.83. The molecule has 4 aromatic rings. The van der Waals surface area contributed by atoms with E-state index in [1.165, 1.54) is 0 Å². The van der Waals surface area contributed by atoms with Crippen molar-refractivity contribution in [2.45, 2.75) is 25.5 Å². The Bertz CT molecular complexity index is 1220.